The van der Waals surface area contributed by atoms with Crippen molar-refractivity contribution in [3.63, 3.8) is 0 Å². The van der Waals surface area contributed by atoms with Crippen LogP contribution in [0.5, 0.6) is 0 Å². The van der Waals surface area contributed by atoms with Crippen molar-refractivity contribution in [2.45, 2.75) is 59.0 Å². The predicted octanol–water partition coefficient (Wildman–Crippen LogP) is 0.389. The van der Waals surface area contributed by atoms with Gasteiger partial charge in [-0.15, -0.1) is 0 Å². The van der Waals surface area contributed by atoms with E-state index in [-0.39, 0.29) is 75.4 Å². The summed E-state index contributed by atoms with van der Waals surface area (Å²) < 4.78 is 31.6. The quantitative estimate of drug-likeness (QED) is 0.223. The maximum absolute atomic E-state index is 12.6. The minimum atomic E-state index is -3.85. The fraction of sp³-hybridized carbons (Fsp3) is 0.500. The van der Waals surface area contributed by atoms with Crippen molar-refractivity contribution in [2.24, 2.45) is 5.41 Å². The number of esters is 1. The number of carbonyl (C=O) groups is 4. The molecular formula is C24H36KN3O9S. The standard InChI is InChI=1S/C20H30N2O5.C4H5NO4S.K.H/c1-20(2,3)10-11-21-15(13-17(23)24)18(25)22-16(19(26)27-4)12-14-8-6-5-7-9-14;1-3-2-4(6)5-10(7,8)9-3;;/h5-9,15-16,21H,10-13H2,1-4H3,(H,22,25)(H,23,24);2H,1H3,(H,5,6);;/t15-,16-;;;/m0.../s1. The average Bonchev–Trinajstić information content (AvgIpc) is 2.75. The van der Waals surface area contributed by atoms with E-state index in [1.165, 1.54) is 14.0 Å². The second kappa shape index (κ2) is 17.0. The second-order valence-corrected chi connectivity index (χ2v) is 10.7. The molecule has 208 valence electrons. The molecule has 1 aliphatic rings. The Morgan fingerprint density at radius 1 is 1.13 bits per heavy atom. The molecule has 1 aliphatic heterocycles. The average molecular weight is 582 g/mol. The number of ether oxygens (including phenoxy) is 1. The molecule has 12 nitrogen and oxygen atoms in total. The van der Waals surface area contributed by atoms with Gasteiger partial charge in [-0.2, -0.15) is 8.42 Å². The van der Waals surface area contributed by atoms with Gasteiger partial charge < -0.3 is 24.7 Å². The first-order valence-electron chi connectivity index (χ1n) is 11.4. The number of aliphatic carboxylic acids is 1. The Morgan fingerprint density at radius 3 is 2.21 bits per heavy atom. The van der Waals surface area contributed by atoms with Gasteiger partial charge in [0.2, 0.25) is 5.91 Å². The number of carboxylic acids is 1. The van der Waals surface area contributed by atoms with Crippen molar-refractivity contribution in [3.8, 4) is 0 Å². The third-order valence-electron chi connectivity index (χ3n) is 4.85. The van der Waals surface area contributed by atoms with Crippen LogP contribution in [0.4, 0.5) is 0 Å². The Bertz CT molecular complexity index is 1090. The summed E-state index contributed by atoms with van der Waals surface area (Å²) in [6, 6.07) is 7.42. The first-order valence-corrected chi connectivity index (χ1v) is 12.8. The Morgan fingerprint density at radius 2 is 1.74 bits per heavy atom. The summed E-state index contributed by atoms with van der Waals surface area (Å²) in [6.07, 6.45) is 1.73. The first-order chi connectivity index (χ1) is 17.1. The number of hydrogen-bond donors (Lipinski definition) is 4. The molecule has 0 unspecified atom stereocenters. The summed E-state index contributed by atoms with van der Waals surface area (Å²) in [5, 5.41) is 14.7. The molecule has 0 bridgehead atoms. The third kappa shape index (κ3) is 15.6. The van der Waals surface area contributed by atoms with E-state index in [1.807, 2.05) is 30.3 Å². The summed E-state index contributed by atoms with van der Waals surface area (Å²) >= 11 is 0. The number of hydrogen-bond acceptors (Lipinski definition) is 9. The monoisotopic (exact) mass is 581 g/mol. The van der Waals surface area contributed by atoms with Gasteiger partial charge >= 0.3 is 73.6 Å². The Kier molecular flexibility index (Phi) is 16.2. The van der Waals surface area contributed by atoms with Gasteiger partial charge in [0.25, 0.3) is 5.91 Å². The molecule has 0 aromatic heterocycles. The molecule has 0 fully saturated rings. The normalized spacial score (nSPS) is 15.5. The molecule has 0 spiro atoms. The molecule has 0 saturated heterocycles. The molecular weight excluding hydrogens is 545 g/mol. The molecule has 14 heteroatoms. The number of allylic oxidation sites excluding steroid dienone is 1. The van der Waals surface area contributed by atoms with E-state index < -0.39 is 46.1 Å². The Hall–Kier alpha value is -1.81. The zero-order chi connectivity index (χ0) is 28.2. The van der Waals surface area contributed by atoms with Crippen molar-refractivity contribution in [3.05, 3.63) is 47.7 Å². The van der Waals surface area contributed by atoms with Crippen LogP contribution < -0.4 is 15.4 Å². The summed E-state index contributed by atoms with van der Waals surface area (Å²) in [5.41, 5.74) is 0.919. The molecule has 2 rings (SSSR count). The fourth-order valence-corrected chi connectivity index (χ4v) is 3.81. The van der Waals surface area contributed by atoms with Crippen LogP contribution in [0.3, 0.4) is 0 Å². The molecule has 2 amide bonds. The summed E-state index contributed by atoms with van der Waals surface area (Å²) in [6.45, 7) is 8.07. The third-order valence-corrected chi connectivity index (χ3v) is 5.78. The van der Waals surface area contributed by atoms with Gasteiger partial charge in [-0.1, -0.05) is 51.1 Å². The molecule has 0 radical (unpaired) electrons. The molecule has 0 aliphatic carbocycles. The van der Waals surface area contributed by atoms with Crippen molar-refractivity contribution in [1.29, 1.82) is 0 Å². The molecule has 0 saturated carbocycles. The van der Waals surface area contributed by atoms with Gasteiger partial charge in [0, 0.05) is 12.5 Å². The predicted molar refractivity (Wildman–Crippen MR) is 141 cm³/mol. The minimum absolute atomic E-state index is 0. The topological polar surface area (TPSA) is 177 Å². The van der Waals surface area contributed by atoms with Crippen LogP contribution in [0.2, 0.25) is 0 Å². The van der Waals surface area contributed by atoms with Gasteiger partial charge in [-0.25, -0.2) is 9.52 Å². The number of amides is 2. The molecule has 2 atom stereocenters. The molecule has 4 N–H and O–H groups in total. The van der Waals surface area contributed by atoms with Crippen LogP contribution >= 0.6 is 0 Å². The number of carbonyl (C=O) groups excluding carboxylic acids is 3. The van der Waals surface area contributed by atoms with E-state index in [0.717, 1.165) is 18.1 Å². The SMILES string of the molecule is CC1=CC(=O)NS(=O)(=O)O1.COC(=O)[C@H](Cc1ccccc1)NC(=O)[C@H](CC(=O)O)NCCC(C)(C)C.[KH]. The van der Waals surface area contributed by atoms with Gasteiger partial charge in [0.15, 0.2) is 0 Å². The van der Waals surface area contributed by atoms with Gasteiger partial charge in [-0.05, 0) is 30.9 Å². The van der Waals surface area contributed by atoms with Crippen LogP contribution in [0.1, 0.15) is 46.1 Å². The molecule has 1 heterocycles. The number of nitrogens with one attached hydrogen (secondary N) is 3. The molecule has 38 heavy (non-hydrogen) atoms. The van der Waals surface area contributed by atoms with E-state index in [2.05, 4.69) is 35.6 Å². The summed E-state index contributed by atoms with van der Waals surface area (Å²) in [7, 11) is -2.60. The van der Waals surface area contributed by atoms with E-state index in [9.17, 15) is 27.6 Å². The van der Waals surface area contributed by atoms with E-state index in [1.54, 1.807) is 4.72 Å². The van der Waals surface area contributed by atoms with Gasteiger partial charge in [-0.3, -0.25) is 14.4 Å². The van der Waals surface area contributed by atoms with Crippen LogP contribution in [0.25, 0.3) is 0 Å². The number of methoxy groups -OCH3 is 1. The zero-order valence-electron chi connectivity index (χ0n) is 21.6. The maximum atomic E-state index is 12.6. The Labute approximate surface area is 266 Å². The van der Waals surface area contributed by atoms with Crippen molar-refractivity contribution < 1.29 is 41.6 Å². The van der Waals surface area contributed by atoms with Gasteiger partial charge in [0.05, 0.1) is 19.6 Å². The van der Waals surface area contributed by atoms with Crippen LogP contribution in [-0.2, 0) is 44.8 Å². The second-order valence-electron chi connectivity index (χ2n) is 9.45. The summed E-state index contributed by atoms with van der Waals surface area (Å²) in [4.78, 5) is 46.3. The molecule has 1 aromatic rings. The van der Waals surface area contributed by atoms with Gasteiger partial charge in [0.1, 0.15) is 11.8 Å². The van der Waals surface area contributed by atoms with Crippen molar-refractivity contribution in [1.82, 2.24) is 15.4 Å². The van der Waals surface area contributed by atoms with Crippen LogP contribution in [0, 0.1) is 5.41 Å². The van der Waals surface area contributed by atoms with E-state index >= 15 is 0 Å². The number of carboxylic acid groups (broad SMARTS) is 1. The first kappa shape index (κ1) is 36.2. The summed E-state index contributed by atoms with van der Waals surface area (Å²) in [5.74, 6) is -2.79. The number of rotatable bonds is 10. The van der Waals surface area contributed by atoms with Crippen LogP contribution in [-0.4, -0.2) is 114 Å². The van der Waals surface area contributed by atoms with Crippen molar-refractivity contribution >= 4 is 85.4 Å². The van der Waals surface area contributed by atoms with E-state index in [4.69, 9.17) is 9.84 Å². The number of benzene rings is 1. The van der Waals surface area contributed by atoms with E-state index in [0.29, 0.717) is 6.54 Å². The van der Waals surface area contributed by atoms with Crippen LogP contribution in [0.15, 0.2) is 42.2 Å². The zero-order valence-corrected chi connectivity index (χ0v) is 22.4. The Balaban J connectivity index is 0.00000104. The fourth-order valence-electron chi connectivity index (χ4n) is 3.07. The van der Waals surface area contributed by atoms with Crippen molar-refractivity contribution in [2.75, 3.05) is 13.7 Å². The molecule has 1 aromatic carbocycles.